The van der Waals surface area contributed by atoms with Gasteiger partial charge in [0.1, 0.15) is 5.75 Å². The number of aliphatic hydroxyl groups is 1. The summed E-state index contributed by atoms with van der Waals surface area (Å²) in [5, 5.41) is 12.1. The molecule has 2 aliphatic heterocycles. The Kier molecular flexibility index (Phi) is 13.1. The van der Waals surface area contributed by atoms with E-state index in [1.54, 1.807) is 0 Å². The van der Waals surface area contributed by atoms with Crippen LogP contribution in [0, 0.1) is 27.7 Å². The van der Waals surface area contributed by atoms with Crippen molar-refractivity contribution in [2.75, 3.05) is 13.1 Å². The van der Waals surface area contributed by atoms with Crippen LogP contribution < -0.4 is 4.74 Å². The van der Waals surface area contributed by atoms with Crippen LogP contribution in [0.5, 0.6) is 5.75 Å². The molecule has 2 aliphatic rings. The van der Waals surface area contributed by atoms with Crippen molar-refractivity contribution < 1.29 is 9.84 Å². The van der Waals surface area contributed by atoms with Gasteiger partial charge in [-0.2, -0.15) is 0 Å². The van der Waals surface area contributed by atoms with Crippen LogP contribution >= 0.6 is 0 Å². The average Bonchev–Trinajstić information content (AvgIpc) is 2.90. The van der Waals surface area contributed by atoms with Gasteiger partial charge in [0, 0.05) is 23.6 Å². The molecule has 2 aromatic rings. The molecule has 3 nitrogen and oxygen atoms in total. The van der Waals surface area contributed by atoms with Gasteiger partial charge in [-0.25, -0.2) is 0 Å². The second-order valence-electron chi connectivity index (χ2n) is 10.4. The van der Waals surface area contributed by atoms with Gasteiger partial charge in [-0.3, -0.25) is 4.90 Å². The molecular formula is C34H55NO2. The minimum absolute atomic E-state index is 0.0855. The Hall–Kier alpha value is -2.10. The van der Waals surface area contributed by atoms with Crippen LogP contribution in [0.25, 0.3) is 0 Å². The fraction of sp³-hybridized carbons (Fsp3) is 0.588. The molecule has 3 heteroatoms. The van der Waals surface area contributed by atoms with Crippen molar-refractivity contribution in [1.29, 1.82) is 0 Å². The first-order chi connectivity index (χ1) is 17.5. The van der Waals surface area contributed by atoms with E-state index in [9.17, 15) is 5.11 Å². The molecule has 4 unspecified atom stereocenters. The van der Waals surface area contributed by atoms with E-state index in [0.29, 0.717) is 0 Å². The molecule has 0 saturated carbocycles. The Morgan fingerprint density at radius 2 is 1.46 bits per heavy atom. The summed E-state index contributed by atoms with van der Waals surface area (Å²) < 4.78 is 6.38. The molecule has 208 valence electrons. The third-order valence-electron chi connectivity index (χ3n) is 8.25. The highest BCUT2D eigenvalue weighted by molar-refractivity contribution is 5.52. The third kappa shape index (κ3) is 7.06. The number of ether oxygens (including phenoxy) is 1. The van der Waals surface area contributed by atoms with E-state index in [1.807, 2.05) is 33.8 Å². The standard InChI is InChI=1S/C22H33NO2.C8H10.2C2H6/c1-7-13-23-14-12-21(6)19-15(2)8-9-16(3)20(19)25-17(4)10-11-22(21,24)18(23)5;1-7-5-3-4-6-8(7)2;2*1-2/h7-9,17-18,24H,1,10-14H2,2-6H3;3-6H,1-2H3;2*1-2H3. The summed E-state index contributed by atoms with van der Waals surface area (Å²) in [4.78, 5) is 2.37. The number of benzene rings is 2. The Bertz CT molecular complexity index is 963. The van der Waals surface area contributed by atoms with E-state index in [0.717, 1.165) is 38.1 Å². The van der Waals surface area contributed by atoms with Crippen LogP contribution in [0.3, 0.4) is 0 Å². The number of nitrogens with zero attached hydrogens (tertiary/aromatic N) is 1. The summed E-state index contributed by atoms with van der Waals surface area (Å²) in [6, 6.07) is 12.8. The highest BCUT2D eigenvalue weighted by Crippen LogP contribution is 2.53. The molecule has 2 heterocycles. The number of piperidine rings is 1. The maximum absolute atomic E-state index is 12.1. The van der Waals surface area contributed by atoms with Crippen LogP contribution in [0.15, 0.2) is 49.1 Å². The molecule has 0 amide bonds. The van der Waals surface area contributed by atoms with E-state index in [2.05, 4.69) is 96.3 Å². The highest BCUT2D eigenvalue weighted by atomic mass is 16.5. The Morgan fingerprint density at radius 1 is 0.919 bits per heavy atom. The summed E-state index contributed by atoms with van der Waals surface area (Å²) in [7, 11) is 0. The van der Waals surface area contributed by atoms with Crippen LogP contribution in [-0.4, -0.2) is 40.8 Å². The smallest absolute Gasteiger partial charge is 0.126 e. The number of likely N-dealkylation sites (tertiary alicyclic amines) is 1. The molecule has 1 saturated heterocycles. The van der Waals surface area contributed by atoms with E-state index in [1.165, 1.54) is 27.8 Å². The lowest BCUT2D eigenvalue weighted by atomic mass is 9.58. The van der Waals surface area contributed by atoms with Crippen molar-refractivity contribution in [3.8, 4) is 5.75 Å². The van der Waals surface area contributed by atoms with Crippen molar-refractivity contribution in [2.24, 2.45) is 0 Å². The lowest BCUT2D eigenvalue weighted by molar-refractivity contribution is -0.137. The van der Waals surface area contributed by atoms with Gasteiger partial charge in [0.05, 0.1) is 11.7 Å². The van der Waals surface area contributed by atoms with Crippen molar-refractivity contribution in [3.05, 3.63) is 76.9 Å². The molecule has 1 fully saturated rings. The fourth-order valence-corrected chi connectivity index (χ4v) is 5.75. The maximum Gasteiger partial charge on any atom is 0.126 e. The Labute approximate surface area is 229 Å². The average molecular weight is 510 g/mol. The first-order valence-corrected chi connectivity index (χ1v) is 14.4. The van der Waals surface area contributed by atoms with E-state index in [4.69, 9.17) is 4.74 Å². The van der Waals surface area contributed by atoms with Crippen molar-refractivity contribution in [2.45, 2.75) is 119 Å². The third-order valence-corrected chi connectivity index (χ3v) is 8.25. The molecule has 0 spiro atoms. The molecule has 2 aromatic carbocycles. The van der Waals surface area contributed by atoms with Gasteiger partial charge in [-0.05, 0) is 89.6 Å². The molecule has 0 radical (unpaired) electrons. The summed E-state index contributed by atoms with van der Waals surface area (Å²) >= 11 is 0. The Balaban J connectivity index is 0.000000478. The summed E-state index contributed by atoms with van der Waals surface area (Å²) in [6.45, 7) is 28.7. The Morgan fingerprint density at radius 3 is 1.97 bits per heavy atom. The van der Waals surface area contributed by atoms with Gasteiger partial charge in [-0.1, -0.05) is 77.1 Å². The highest BCUT2D eigenvalue weighted by Gasteiger charge is 2.57. The normalized spacial score (nSPS) is 26.5. The van der Waals surface area contributed by atoms with Gasteiger partial charge in [0.15, 0.2) is 0 Å². The topological polar surface area (TPSA) is 32.7 Å². The monoisotopic (exact) mass is 509 g/mol. The second-order valence-corrected chi connectivity index (χ2v) is 10.4. The van der Waals surface area contributed by atoms with E-state index < -0.39 is 5.60 Å². The second kappa shape index (κ2) is 14.7. The molecule has 0 bridgehead atoms. The van der Waals surface area contributed by atoms with Gasteiger partial charge < -0.3 is 9.84 Å². The first-order valence-electron chi connectivity index (χ1n) is 14.4. The van der Waals surface area contributed by atoms with Gasteiger partial charge in [-0.15, -0.1) is 6.58 Å². The SMILES string of the molecule is C=CCN1CCC2(C)c3c(C)ccc(C)c3OC(C)CCC2(O)C1C.CC.CC.Cc1ccccc1C. The van der Waals surface area contributed by atoms with Crippen molar-refractivity contribution in [1.82, 2.24) is 4.90 Å². The van der Waals surface area contributed by atoms with Gasteiger partial charge in [0.2, 0.25) is 0 Å². The van der Waals surface area contributed by atoms with Crippen LogP contribution in [0.4, 0.5) is 0 Å². The molecule has 37 heavy (non-hydrogen) atoms. The first kappa shape index (κ1) is 32.9. The maximum atomic E-state index is 12.1. The molecule has 4 rings (SSSR count). The largest absolute Gasteiger partial charge is 0.490 e. The summed E-state index contributed by atoms with van der Waals surface area (Å²) in [5.41, 5.74) is 5.25. The zero-order chi connectivity index (χ0) is 28.4. The van der Waals surface area contributed by atoms with Crippen molar-refractivity contribution >= 4 is 0 Å². The summed E-state index contributed by atoms with van der Waals surface area (Å²) in [6.07, 6.45) is 4.60. The quantitative estimate of drug-likeness (QED) is 0.412. The lowest BCUT2D eigenvalue weighted by Gasteiger charge is -2.58. The minimum atomic E-state index is -0.778. The van der Waals surface area contributed by atoms with E-state index >= 15 is 0 Å². The molecule has 4 atom stereocenters. The number of aryl methyl sites for hydroxylation is 4. The predicted octanol–water partition coefficient (Wildman–Crippen LogP) is 8.49. The number of rotatable bonds is 2. The van der Waals surface area contributed by atoms with Gasteiger partial charge in [0.25, 0.3) is 0 Å². The minimum Gasteiger partial charge on any atom is -0.490 e. The van der Waals surface area contributed by atoms with E-state index in [-0.39, 0.29) is 17.6 Å². The molecular weight excluding hydrogens is 454 g/mol. The predicted molar refractivity (Wildman–Crippen MR) is 162 cm³/mol. The van der Waals surface area contributed by atoms with Crippen LogP contribution in [-0.2, 0) is 5.41 Å². The number of hydrogen-bond acceptors (Lipinski definition) is 3. The molecule has 1 N–H and O–H groups in total. The zero-order valence-electron chi connectivity index (χ0n) is 25.7. The number of fused-ring (bicyclic) bond motifs is 3. The van der Waals surface area contributed by atoms with Crippen molar-refractivity contribution in [3.63, 3.8) is 0 Å². The zero-order valence-corrected chi connectivity index (χ0v) is 25.7. The number of hydrogen-bond donors (Lipinski definition) is 1. The van der Waals surface area contributed by atoms with Crippen LogP contribution in [0.1, 0.15) is 95.5 Å². The fourth-order valence-electron chi connectivity index (χ4n) is 5.75. The van der Waals surface area contributed by atoms with Gasteiger partial charge >= 0.3 is 0 Å². The molecule has 0 aliphatic carbocycles. The lowest BCUT2D eigenvalue weighted by Crippen LogP contribution is -2.67. The summed E-state index contributed by atoms with van der Waals surface area (Å²) in [5.74, 6) is 0.998. The molecule has 0 aromatic heterocycles. The van der Waals surface area contributed by atoms with Crippen LogP contribution in [0.2, 0.25) is 0 Å².